The predicted molar refractivity (Wildman–Crippen MR) is 116 cm³/mol. The van der Waals surface area contributed by atoms with Crippen molar-refractivity contribution in [2.75, 3.05) is 18.5 Å². The Kier molecular flexibility index (Phi) is 5.38. The first-order chi connectivity index (χ1) is 14.3. The number of sulfonamides is 1. The summed E-state index contributed by atoms with van der Waals surface area (Å²) in [5, 5.41) is 0. The van der Waals surface area contributed by atoms with Gasteiger partial charge in [-0.25, -0.2) is 18.1 Å². The van der Waals surface area contributed by atoms with Gasteiger partial charge in [0.2, 0.25) is 15.9 Å². The fraction of sp³-hybridized carbons (Fsp3) is 0.364. The number of nitrogens with one attached hydrogen (secondary N) is 1. The van der Waals surface area contributed by atoms with Gasteiger partial charge in [-0.1, -0.05) is 29.8 Å². The van der Waals surface area contributed by atoms with Gasteiger partial charge in [-0.2, -0.15) is 4.31 Å². The number of amides is 1. The highest BCUT2D eigenvalue weighted by molar-refractivity contribution is 7.89. The Morgan fingerprint density at radius 1 is 1.07 bits per heavy atom. The van der Waals surface area contributed by atoms with Gasteiger partial charge in [0.15, 0.2) is 0 Å². The molecule has 7 nitrogen and oxygen atoms in total. The topological polar surface area (TPSA) is 84.3 Å². The minimum absolute atomic E-state index is 0.113. The Morgan fingerprint density at radius 2 is 1.70 bits per heavy atom. The molecule has 1 aliphatic heterocycles. The Labute approximate surface area is 176 Å². The number of piperidine rings is 1. The molecule has 1 amide bonds. The molecular weight excluding hydrogens is 400 g/mol. The monoisotopic (exact) mass is 426 g/mol. The highest BCUT2D eigenvalue weighted by Crippen LogP contribution is 2.29. The van der Waals surface area contributed by atoms with E-state index in [-0.39, 0.29) is 11.8 Å². The van der Waals surface area contributed by atoms with Gasteiger partial charge in [0.05, 0.1) is 15.9 Å². The summed E-state index contributed by atoms with van der Waals surface area (Å²) in [6, 6.07) is 11.4. The largest absolute Gasteiger partial charge is 0.273 e. The van der Waals surface area contributed by atoms with Crippen LogP contribution in [0.3, 0.4) is 0 Å². The lowest BCUT2D eigenvalue weighted by molar-refractivity contribution is -0.121. The number of rotatable bonds is 4. The molecule has 1 aliphatic rings. The average molecular weight is 427 g/mol. The summed E-state index contributed by atoms with van der Waals surface area (Å²) in [5.74, 6) is -0.351. The van der Waals surface area contributed by atoms with E-state index in [1.807, 2.05) is 57.2 Å². The molecule has 1 fully saturated rings. The lowest BCUT2D eigenvalue weighted by Gasteiger charge is -2.31. The first-order valence-corrected chi connectivity index (χ1v) is 11.5. The quantitative estimate of drug-likeness (QED) is 0.695. The van der Waals surface area contributed by atoms with Crippen LogP contribution in [0.5, 0.6) is 0 Å². The molecule has 0 bridgehead atoms. The molecule has 158 valence electrons. The van der Waals surface area contributed by atoms with Crippen LogP contribution in [0, 0.1) is 26.7 Å². The second kappa shape index (κ2) is 7.85. The van der Waals surface area contributed by atoms with Crippen LogP contribution in [0.4, 0.5) is 0 Å². The SMILES string of the molecule is Cc1cc(C)c(S(=O)(=O)N2CCC(C(=O)Nn3cnc4ccccc43)CC2)c(C)c1. The van der Waals surface area contributed by atoms with Crippen molar-refractivity contribution < 1.29 is 13.2 Å². The van der Waals surface area contributed by atoms with Gasteiger partial charge in [-0.3, -0.25) is 10.2 Å². The summed E-state index contributed by atoms with van der Waals surface area (Å²) in [6.07, 6.45) is 2.56. The second-order valence-corrected chi connectivity index (χ2v) is 9.86. The molecule has 4 rings (SSSR count). The smallest absolute Gasteiger partial charge is 0.243 e. The Morgan fingerprint density at radius 3 is 2.37 bits per heavy atom. The summed E-state index contributed by atoms with van der Waals surface area (Å²) in [6.45, 7) is 6.30. The number of carbonyl (C=O) groups is 1. The fourth-order valence-corrected chi connectivity index (χ4v) is 6.20. The number of aryl methyl sites for hydroxylation is 3. The van der Waals surface area contributed by atoms with Crippen LogP contribution in [0.25, 0.3) is 11.0 Å². The highest BCUT2D eigenvalue weighted by Gasteiger charge is 2.33. The molecule has 0 atom stereocenters. The fourth-order valence-electron chi connectivity index (χ4n) is 4.32. The molecule has 0 unspecified atom stereocenters. The molecule has 1 aromatic heterocycles. The van der Waals surface area contributed by atoms with Crippen LogP contribution in [0.1, 0.15) is 29.5 Å². The summed E-state index contributed by atoms with van der Waals surface area (Å²) in [7, 11) is -3.58. The number of benzene rings is 2. The number of hydrogen-bond donors (Lipinski definition) is 1. The summed E-state index contributed by atoms with van der Waals surface area (Å²) in [5.41, 5.74) is 7.10. The standard InChI is InChI=1S/C22H26N4O3S/c1-15-12-16(2)21(17(3)13-15)30(28,29)25-10-8-18(9-11-25)22(27)24-26-14-23-19-6-4-5-7-20(19)26/h4-7,12-14,18H,8-11H2,1-3H3,(H,24,27). The minimum Gasteiger partial charge on any atom is -0.273 e. The van der Waals surface area contributed by atoms with Gasteiger partial charge in [0.25, 0.3) is 0 Å². The molecule has 8 heteroatoms. The number of para-hydroxylation sites is 2. The summed E-state index contributed by atoms with van der Waals surface area (Å²) < 4.78 is 29.6. The summed E-state index contributed by atoms with van der Waals surface area (Å²) >= 11 is 0. The van der Waals surface area contributed by atoms with Crippen molar-refractivity contribution in [1.29, 1.82) is 0 Å². The van der Waals surface area contributed by atoms with Gasteiger partial charge in [-0.15, -0.1) is 0 Å². The zero-order chi connectivity index (χ0) is 21.5. The van der Waals surface area contributed by atoms with E-state index in [4.69, 9.17) is 0 Å². The van der Waals surface area contributed by atoms with Gasteiger partial charge >= 0.3 is 0 Å². The molecule has 0 radical (unpaired) electrons. The van der Waals surface area contributed by atoms with Crippen molar-refractivity contribution in [3.05, 3.63) is 59.4 Å². The molecule has 3 aromatic rings. The van der Waals surface area contributed by atoms with Crippen molar-refractivity contribution in [3.63, 3.8) is 0 Å². The van der Waals surface area contributed by atoms with Crippen LogP contribution >= 0.6 is 0 Å². The molecule has 0 aliphatic carbocycles. The predicted octanol–water partition coefficient (Wildman–Crippen LogP) is 3.13. The molecule has 2 heterocycles. The van der Waals surface area contributed by atoms with E-state index < -0.39 is 10.0 Å². The summed E-state index contributed by atoms with van der Waals surface area (Å²) in [4.78, 5) is 17.4. The third kappa shape index (κ3) is 3.73. The normalized spacial score (nSPS) is 16.1. The highest BCUT2D eigenvalue weighted by atomic mass is 32.2. The molecule has 1 saturated heterocycles. The van der Waals surface area contributed by atoms with E-state index in [2.05, 4.69) is 10.4 Å². The van der Waals surface area contributed by atoms with Crippen molar-refractivity contribution in [1.82, 2.24) is 14.0 Å². The van der Waals surface area contributed by atoms with Gasteiger partial charge in [0, 0.05) is 19.0 Å². The number of nitrogens with zero attached hydrogens (tertiary/aromatic N) is 3. The van der Waals surface area contributed by atoms with Crippen LogP contribution in [0.15, 0.2) is 47.6 Å². The molecule has 1 N–H and O–H groups in total. The first-order valence-electron chi connectivity index (χ1n) is 10.1. The van der Waals surface area contributed by atoms with Gasteiger partial charge < -0.3 is 0 Å². The van der Waals surface area contributed by atoms with Crippen molar-refractivity contribution in [3.8, 4) is 0 Å². The Hall–Kier alpha value is -2.71. The zero-order valence-corrected chi connectivity index (χ0v) is 18.2. The van der Waals surface area contributed by atoms with Gasteiger partial charge in [-0.05, 0) is 56.9 Å². The molecule has 30 heavy (non-hydrogen) atoms. The minimum atomic E-state index is -3.58. The maximum Gasteiger partial charge on any atom is 0.243 e. The zero-order valence-electron chi connectivity index (χ0n) is 17.4. The number of fused-ring (bicyclic) bond motifs is 1. The van der Waals surface area contributed by atoms with Crippen molar-refractivity contribution in [2.24, 2.45) is 5.92 Å². The van der Waals surface area contributed by atoms with E-state index in [1.54, 1.807) is 11.0 Å². The van der Waals surface area contributed by atoms with Crippen molar-refractivity contribution in [2.45, 2.75) is 38.5 Å². The maximum absolute atomic E-state index is 13.2. The first kappa shape index (κ1) is 20.6. The molecule has 2 aromatic carbocycles. The van der Waals surface area contributed by atoms with E-state index in [0.29, 0.717) is 30.8 Å². The molecular formula is C22H26N4O3S. The lowest BCUT2D eigenvalue weighted by atomic mass is 9.98. The molecule has 0 saturated carbocycles. The second-order valence-electron chi connectivity index (χ2n) is 7.99. The third-order valence-corrected chi connectivity index (χ3v) is 7.92. The number of imidazole rings is 1. The lowest BCUT2D eigenvalue weighted by Crippen LogP contribution is -2.42. The Balaban J connectivity index is 1.45. The van der Waals surface area contributed by atoms with Crippen LogP contribution in [-0.4, -0.2) is 41.4 Å². The van der Waals surface area contributed by atoms with E-state index in [1.165, 1.54) is 4.31 Å². The average Bonchev–Trinajstić information content (AvgIpc) is 3.10. The van der Waals surface area contributed by atoms with Crippen molar-refractivity contribution >= 4 is 27.0 Å². The third-order valence-electron chi connectivity index (χ3n) is 5.71. The number of aromatic nitrogens is 2. The Bertz CT molecular complexity index is 1190. The van der Waals surface area contributed by atoms with Gasteiger partial charge in [0.1, 0.15) is 6.33 Å². The van der Waals surface area contributed by atoms with E-state index in [0.717, 1.165) is 27.7 Å². The molecule has 0 spiro atoms. The van der Waals surface area contributed by atoms with E-state index in [9.17, 15) is 13.2 Å². The van der Waals surface area contributed by atoms with Crippen LogP contribution < -0.4 is 5.43 Å². The maximum atomic E-state index is 13.2. The van der Waals surface area contributed by atoms with Crippen LogP contribution in [-0.2, 0) is 14.8 Å². The van der Waals surface area contributed by atoms with Crippen LogP contribution in [0.2, 0.25) is 0 Å². The number of carbonyl (C=O) groups excluding carboxylic acids is 1. The van der Waals surface area contributed by atoms with E-state index >= 15 is 0 Å². The number of hydrogen-bond acceptors (Lipinski definition) is 4.